The molecule has 0 saturated heterocycles. The highest BCUT2D eigenvalue weighted by Gasteiger charge is 2.33. The first kappa shape index (κ1) is 28.1. The SMILES string of the molecule is O=C(CCCCCCCCCCCCCC(=O)OC1(O)CCCCC1)OC1(O)CCCCC1. The monoisotopic (exact) mass is 468 g/mol. The van der Waals surface area contributed by atoms with Crippen LogP contribution in [0, 0.1) is 0 Å². The van der Waals surface area contributed by atoms with Gasteiger partial charge in [-0.05, 0) is 38.5 Å². The third kappa shape index (κ3) is 12.8. The molecule has 0 aromatic rings. The number of aliphatic hydroxyl groups is 2. The quantitative estimate of drug-likeness (QED) is 0.154. The molecule has 0 amide bonds. The molecule has 0 spiro atoms. The number of esters is 2. The van der Waals surface area contributed by atoms with Crippen molar-refractivity contribution < 1.29 is 29.3 Å². The van der Waals surface area contributed by atoms with E-state index in [1.165, 1.54) is 32.1 Å². The summed E-state index contributed by atoms with van der Waals surface area (Å²) in [6, 6.07) is 0. The molecule has 0 aromatic carbocycles. The van der Waals surface area contributed by atoms with Crippen LogP contribution in [0.15, 0.2) is 0 Å². The van der Waals surface area contributed by atoms with Gasteiger partial charge in [-0.15, -0.1) is 0 Å². The van der Waals surface area contributed by atoms with Gasteiger partial charge in [0.15, 0.2) is 0 Å². The average molecular weight is 469 g/mol. The zero-order valence-electron chi connectivity index (χ0n) is 20.8. The molecular formula is C27H48O6. The lowest BCUT2D eigenvalue weighted by molar-refractivity contribution is -0.221. The highest BCUT2D eigenvalue weighted by atomic mass is 16.7. The minimum atomic E-state index is -1.20. The van der Waals surface area contributed by atoms with Gasteiger partial charge in [0.1, 0.15) is 0 Å². The zero-order valence-corrected chi connectivity index (χ0v) is 20.8. The molecule has 2 fully saturated rings. The molecule has 0 aromatic heterocycles. The molecule has 2 aliphatic rings. The summed E-state index contributed by atoms with van der Waals surface area (Å²) in [6.45, 7) is 0. The first-order chi connectivity index (χ1) is 15.9. The number of carbonyl (C=O) groups is 2. The van der Waals surface area contributed by atoms with Crippen LogP contribution in [0.1, 0.15) is 148 Å². The van der Waals surface area contributed by atoms with Crippen molar-refractivity contribution in [1.82, 2.24) is 0 Å². The first-order valence-corrected chi connectivity index (χ1v) is 13.8. The molecule has 0 unspecified atom stereocenters. The van der Waals surface area contributed by atoms with Gasteiger partial charge in [0, 0.05) is 38.5 Å². The number of unbranched alkanes of at least 4 members (excludes halogenated alkanes) is 10. The standard InChI is InChI=1S/C27H48O6/c28-24(32-26(30)20-14-10-15-21-26)18-12-8-6-4-2-1-3-5-7-9-13-19-25(29)33-27(31)22-16-11-17-23-27/h30-31H,1-23H2. The Morgan fingerprint density at radius 3 is 1.06 bits per heavy atom. The number of carbonyl (C=O) groups excluding carboxylic acids is 2. The summed E-state index contributed by atoms with van der Waals surface area (Å²) in [4.78, 5) is 23.8. The molecule has 0 atom stereocenters. The molecule has 2 N–H and O–H groups in total. The predicted molar refractivity (Wildman–Crippen MR) is 128 cm³/mol. The summed E-state index contributed by atoms with van der Waals surface area (Å²) in [7, 11) is 0. The molecule has 2 rings (SSSR count). The van der Waals surface area contributed by atoms with Crippen LogP contribution in [0.25, 0.3) is 0 Å². The van der Waals surface area contributed by atoms with E-state index in [-0.39, 0.29) is 11.9 Å². The first-order valence-electron chi connectivity index (χ1n) is 13.8. The van der Waals surface area contributed by atoms with Crippen LogP contribution in [0.3, 0.4) is 0 Å². The fourth-order valence-electron chi connectivity index (χ4n) is 5.07. The second-order valence-electron chi connectivity index (χ2n) is 10.4. The smallest absolute Gasteiger partial charge is 0.308 e. The Balaban J connectivity index is 1.32. The van der Waals surface area contributed by atoms with Crippen molar-refractivity contribution in [2.75, 3.05) is 0 Å². The fourth-order valence-corrected chi connectivity index (χ4v) is 5.07. The Labute approximate surface area is 200 Å². The van der Waals surface area contributed by atoms with E-state index in [1.807, 2.05) is 0 Å². The van der Waals surface area contributed by atoms with Crippen LogP contribution >= 0.6 is 0 Å². The Morgan fingerprint density at radius 2 is 0.758 bits per heavy atom. The molecule has 0 heterocycles. The van der Waals surface area contributed by atoms with Crippen LogP contribution in [0.4, 0.5) is 0 Å². The number of rotatable bonds is 16. The molecule has 33 heavy (non-hydrogen) atoms. The Morgan fingerprint density at radius 1 is 0.485 bits per heavy atom. The lowest BCUT2D eigenvalue weighted by Gasteiger charge is -2.31. The summed E-state index contributed by atoms with van der Waals surface area (Å²) >= 11 is 0. The maximum absolute atomic E-state index is 11.9. The van der Waals surface area contributed by atoms with Gasteiger partial charge < -0.3 is 19.7 Å². The molecule has 0 radical (unpaired) electrons. The van der Waals surface area contributed by atoms with Gasteiger partial charge in [-0.1, -0.05) is 70.6 Å². The molecule has 0 aliphatic heterocycles. The molecule has 6 nitrogen and oxygen atoms in total. The summed E-state index contributed by atoms with van der Waals surface area (Å²) in [6.07, 6.45) is 21.3. The van der Waals surface area contributed by atoms with Gasteiger partial charge in [0.2, 0.25) is 11.6 Å². The van der Waals surface area contributed by atoms with Crippen molar-refractivity contribution in [2.24, 2.45) is 0 Å². The largest absolute Gasteiger partial charge is 0.433 e. The third-order valence-corrected chi connectivity index (χ3v) is 7.14. The van der Waals surface area contributed by atoms with Crippen molar-refractivity contribution in [3.8, 4) is 0 Å². The van der Waals surface area contributed by atoms with Crippen molar-refractivity contribution in [3.05, 3.63) is 0 Å². The van der Waals surface area contributed by atoms with E-state index < -0.39 is 11.6 Å². The zero-order chi connectivity index (χ0) is 23.8. The predicted octanol–water partition coefficient (Wildman–Crippen LogP) is 6.45. The van der Waals surface area contributed by atoms with Crippen LogP contribution in [-0.4, -0.2) is 33.7 Å². The van der Waals surface area contributed by atoms with E-state index in [1.54, 1.807) is 0 Å². The van der Waals surface area contributed by atoms with Crippen molar-refractivity contribution in [3.63, 3.8) is 0 Å². The third-order valence-electron chi connectivity index (χ3n) is 7.14. The molecule has 2 saturated carbocycles. The summed E-state index contributed by atoms with van der Waals surface area (Å²) in [5, 5.41) is 20.5. The molecular weight excluding hydrogens is 420 g/mol. The van der Waals surface area contributed by atoms with Gasteiger partial charge in [-0.3, -0.25) is 9.59 Å². The summed E-state index contributed by atoms with van der Waals surface area (Å²) in [5.41, 5.74) is 0. The van der Waals surface area contributed by atoms with Gasteiger partial charge in [-0.2, -0.15) is 0 Å². The maximum Gasteiger partial charge on any atom is 0.308 e. The van der Waals surface area contributed by atoms with Gasteiger partial charge in [-0.25, -0.2) is 0 Å². The highest BCUT2D eigenvalue weighted by Crippen LogP contribution is 2.30. The molecule has 192 valence electrons. The second kappa shape index (κ2) is 15.7. The fraction of sp³-hybridized carbons (Fsp3) is 0.926. The minimum Gasteiger partial charge on any atom is -0.433 e. The maximum atomic E-state index is 11.9. The topological polar surface area (TPSA) is 93.1 Å². The van der Waals surface area contributed by atoms with Gasteiger partial charge in [0.25, 0.3) is 0 Å². The highest BCUT2D eigenvalue weighted by molar-refractivity contribution is 5.70. The average Bonchev–Trinajstić information content (AvgIpc) is 2.77. The summed E-state index contributed by atoms with van der Waals surface area (Å²) in [5.74, 6) is -2.90. The van der Waals surface area contributed by atoms with E-state index in [4.69, 9.17) is 9.47 Å². The Bertz CT molecular complexity index is 501. The normalized spacial score (nSPS) is 19.7. The van der Waals surface area contributed by atoms with E-state index in [2.05, 4.69) is 0 Å². The van der Waals surface area contributed by atoms with E-state index >= 15 is 0 Å². The van der Waals surface area contributed by atoms with Crippen molar-refractivity contribution in [1.29, 1.82) is 0 Å². The Kier molecular flexibility index (Phi) is 13.4. The number of hydrogen-bond acceptors (Lipinski definition) is 6. The molecule has 0 bridgehead atoms. The van der Waals surface area contributed by atoms with E-state index in [0.717, 1.165) is 77.0 Å². The van der Waals surface area contributed by atoms with E-state index in [9.17, 15) is 19.8 Å². The van der Waals surface area contributed by atoms with Gasteiger partial charge >= 0.3 is 11.9 Å². The lowest BCUT2D eigenvalue weighted by atomic mass is 9.94. The second-order valence-corrected chi connectivity index (χ2v) is 10.4. The minimum absolute atomic E-state index is 0.252. The number of ether oxygens (including phenoxy) is 2. The number of hydrogen-bond donors (Lipinski definition) is 2. The molecule has 6 heteroatoms. The van der Waals surface area contributed by atoms with Crippen LogP contribution in [-0.2, 0) is 19.1 Å². The van der Waals surface area contributed by atoms with Crippen molar-refractivity contribution in [2.45, 2.75) is 159 Å². The van der Waals surface area contributed by atoms with Crippen LogP contribution < -0.4 is 0 Å². The Hall–Kier alpha value is -1.14. The van der Waals surface area contributed by atoms with Crippen molar-refractivity contribution >= 4 is 11.9 Å². The van der Waals surface area contributed by atoms with Gasteiger partial charge in [0.05, 0.1) is 0 Å². The molecule has 2 aliphatic carbocycles. The van der Waals surface area contributed by atoms with Crippen LogP contribution in [0.2, 0.25) is 0 Å². The lowest BCUT2D eigenvalue weighted by Crippen LogP contribution is -2.36. The van der Waals surface area contributed by atoms with Crippen LogP contribution in [0.5, 0.6) is 0 Å². The van der Waals surface area contributed by atoms with E-state index in [0.29, 0.717) is 38.5 Å². The summed E-state index contributed by atoms with van der Waals surface area (Å²) < 4.78 is 10.6.